The van der Waals surface area contributed by atoms with Gasteiger partial charge in [-0.15, -0.1) is 0 Å². The molecule has 1 heterocycles. The number of amides is 1. The Hall–Kier alpha value is -2.75. The summed E-state index contributed by atoms with van der Waals surface area (Å²) in [5, 5.41) is 3.84. The fraction of sp³-hybridized carbons (Fsp3) is 0.250. The van der Waals surface area contributed by atoms with Crippen LogP contribution in [-0.2, 0) is 17.8 Å². The van der Waals surface area contributed by atoms with Crippen LogP contribution in [0.4, 0.5) is 0 Å². The second-order valence-electron chi connectivity index (χ2n) is 5.71. The Morgan fingerprint density at radius 1 is 1.12 bits per heavy atom. The van der Waals surface area contributed by atoms with Crippen LogP contribution in [0.25, 0.3) is 11.0 Å². The zero-order chi connectivity index (χ0) is 16.8. The van der Waals surface area contributed by atoms with E-state index in [4.69, 9.17) is 9.15 Å². The molecular weight excluding hydrogens is 302 g/mol. The minimum absolute atomic E-state index is 0.00659. The highest BCUT2D eigenvalue weighted by Gasteiger charge is 2.06. The summed E-state index contributed by atoms with van der Waals surface area (Å²) in [4.78, 5) is 11.9. The van der Waals surface area contributed by atoms with Gasteiger partial charge in [-0.2, -0.15) is 0 Å². The zero-order valence-corrected chi connectivity index (χ0v) is 13.7. The van der Waals surface area contributed by atoms with Crippen molar-refractivity contribution in [2.24, 2.45) is 0 Å². The Morgan fingerprint density at radius 2 is 1.92 bits per heavy atom. The molecule has 1 N–H and O–H groups in total. The largest absolute Gasteiger partial charge is 0.484 e. The lowest BCUT2D eigenvalue weighted by molar-refractivity contribution is -0.123. The van der Waals surface area contributed by atoms with E-state index in [2.05, 4.69) is 12.2 Å². The molecule has 2 aromatic carbocycles. The van der Waals surface area contributed by atoms with Crippen molar-refractivity contribution in [1.82, 2.24) is 5.32 Å². The molecule has 0 atom stereocenters. The van der Waals surface area contributed by atoms with Gasteiger partial charge in [-0.25, -0.2) is 0 Å². The molecule has 0 fully saturated rings. The van der Waals surface area contributed by atoms with Gasteiger partial charge in [0.1, 0.15) is 17.1 Å². The van der Waals surface area contributed by atoms with Gasteiger partial charge >= 0.3 is 0 Å². The monoisotopic (exact) mass is 323 g/mol. The molecule has 0 aliphatic rings. The van der Waals surface area contributed by atoms with Crippen LogP contribution >= 0.6 is 0 Å². The fourth-order valence-corrected chi connectivity index (χ4v) is 2.55. The zero-order valence-electron chi connectivity index (χ0n) is 13.7. The quantitative estimate of drug-likeness (QED) is 0.713. The molecule has 0 spiro atoms. The fourth-order valence-electron chi connectivity index (χ4n) is 2.55. The predicted molar refractivity (Wildman–Crippen MR) is 94.0 cm³/mol. The van der Waals surface area contributed by atoms with Gasteiger partial charge in [-0.3, -0.25) is 4.79 Å². The average molecular weight is 323 g/mol. The lowest BCUT2D eigenvalue weighted by Gasteiger charge is -2.07. The number of ether oxygens (including phenoxy) is 1. The van der Waals surface area contributed by atoms with Crippen LogP contribution in [0.1, 0.15) is 24.7 Å². The lowest BCUT2D eigenvalue weighted by Crippen LogP contribution is -2.28. The molecule has 3 rings (SSSR count). The van der Waals surface area contributed by atoms with E-state index in [9.17, 15) is 4.79 Å². The van der Waals surface area contributed by atoms with Crippen molar-refractivity contribution in [3.8, 4) is 5.75 Å². The topological polar surface area (TPSA) is 51.5 Å². The van der Waals surface area contributed by atoms with Gasteiger partial charge in [0.15, 0.2) is 6.61 Å². The Morgan fingerprint density at radius 3 is 2.67 bits per heavy atom. The van der Waals surface area contributed by atoms with Crippen LogP contribution in [0, 0.1) is 0 Å². The van der Waals surface area contributed by atoms with Crippen molar-refractivity contribution >= 4 is 16.9 Å². The van der Waals surface area contributed by atoms with E-state index in [-0.39, 0.29) is 12.5 Å². The van der Waals surface area contributed by atoms with Crippen LogP contribution in [0.15, 0.2) is 59.0 Å². The molecule has 0 bridgehead atoms. The number of carbonyl (C=O) groups excluding carboxylic acids is 1. The summed E-state index contributed by atoms with van der Waals surface area (Å²) in [6.07, 6.45) is 2.17. The van der Waals surface area contributed by atoms with Crippen LogP contribution in [-0.4, -0.2) is 12.5 Å². The van der Waals surface area contributed by atoms with Gasteiger partial charge in [0, 0.05) is 5.39 Å². The van der Waals surface area contributed by atoms with Crippen molar-refractivity contribution in [3.63, 3.8) is 0 Å². The van der Waals surface area contributed by atoms with Crippen molar-refractivity contribution in [2.45, 2.75) is 26.3 Å². The highest BCUT2D eigenvalue weighted by atomic mass is 16.5. The first-order valence-corrected chi connectivity index (χ1v) is 8.20. The number of hydrogen-bond acceptors (Lipinski definition) is 3. The van der Waals surface area contributed by atoms with E-state index >= 15 is 0 Å². The standard InChI is InChI=1S/C20H21NO3/c1-2-5-15-8-10-17(11-9-15)23-14-20(22)21-13-18-12-16-6-3-4-7-19(16)24-18/h3-4,6-12H,2,5,13-14H2,1H3,(H,21,22). The van der Waals surface area contributed by atoms with Gasteiger partial charge < -0.3 is 14.5 Å². The molecule has 4 heteroatoms. The number of benzene rings is 2. The summed E-state index contributed by atoms with van der Waals surface area (Å²) in [5.74, 6) is 1.26. The molecule has 4 nitrogen and oxygen atoms in total. The molecule has 0 unspecified atom stereocenters. The van der Waals surface area contributed by atoms with E-state index < -0.39 is 0 Å². The SMILES string of the molecule is CCCc1ccc(OCC(=O)NCc2cc3ccccc3o2)cc1. The predicted octanol–water partition coefficient (Wildman–Crippen LogP) is 4.08. The third-order valence-corrected chi connectivity index (χ3v) is 3.77. The number of fused-ring (bicyclic) bond motifs is 1. The second kappa shape index (κ2) is 7.68. The number of carbonyl (C=O) groups is 1. The maximum absolute atomic E-state index is 11.9. The summed E-state index contributed by atoms with van der Waals surface area (Å²) >= 11 is 0. The summed E-state index contributed by atoms with van der Waals surface area (Å²) in [6, 6.07) is 17.6. The Labute approximate surface area is 141 Å². The number of aryl methyl sites for hydroxylation is 1. The molecule has 0 saturated carbocycles. The van der Waals surface area contributed by atoms with Gasteiger partial charge in [0.25, 0.3) is 5.91 Å². The highest BCUT2D eigenvalue weighted by molar-refractivity contribution is 5.79. The molecule has 0 radical (unpaired) electrons. The van der Waals surface area contributed by atoms with E-state index in [1.54, 1.807) is 0 Å². The van der Waals surface area contributed by atoms with E-state index in [0.717, 1.165) is 29.6 Å². The Kier molecular flexibility index (Phi) is 5.16. The minimum atomic E-state index is -0.173. The summed E-state index contributed by atoms with van der Waals surface area (Å²) in [5.41, 5.74) is 2.10. The molecule has 0 saturated heterocycles. The maximum Gasteiger partial charge on any atom is 0.258 e. The van der Waals surface area contributed by atoms with Crippen LogP contribution in [0.5, 0.6) is 5.75 Å². The first-order valence-electron chi connectivity index (χ1n) is 8.20. The van der Waals surface area contributed by atoms with Crippen molar-refractivity contribution in [2.75, 3.05) is 6.61 Å². The third-order valence-electron chi connectivity index (χ3n) is 3.77. The average Bonchev–Trinajstić information content (AvgIpc) is 3.02. The Balaban J connectivity index is 1.47. The number of hydrogen-bond donors (Lipinski definition) is 1. The molecule has 24 heavy (non-hydrogen) atoms. The third kappa shape index (κ3) is 4.16. The molecule has 124 valence electrons. The van der Waals surface area contributed by atoms with Gasteiger partial charge in [0.05, 0.1) is 6.54 Å². The Bertz CT molecular complexity index is 772. The molecule has 3 aromatic rings. The second-order valence-corrected chi connectivity index (χ2v) is 5.71. The number of rotatable bonds is 7. The number of nitrogens with one attached hydrogen (secondary N) is 1. The van der Waals surface area contributed by atoms with Crippen molar-refractivity contribution < 1.29 is 13.9 Å². The lowest BCUT2D eigenvalue weighted by atomic mass is 10.1. The molecule has 0 aliphatic heterocycles. The van der Waals surface area contributed by atoms with E-state index in [1.165, 1.54) is 5.56 Å². The molecular formula is C20H21NO3. The van der Waals surface area contributed by atoms with E-state index in [1.807, 2.05) is 54.6 Å². The summed E-state index contributed by atoms with van der Waals surface area (Å²) in [6.45, 7) is 2.50. The summed E-state index contributed by atoms with van der Waals surface area (Å²) < 4.78 is 11.2. The maximum atomic E-state index is 11.9. The van der Waals surface area contributed by atoms with Gasteiger partial charge in [-0.1, -0.05) is 43.7 Å². The molecule has 0 aliphatic carbocycles. The van der Waals surface area contributed by atoms with Gasteiger partial charge in [0.2, 0.25) is 0 Å². The number of para-hydroxylation sites is 1. The minimum Gasteiger partial charge on any atom is -0.484 e. The molecule has 1 aromatic heterocycles. The van der Waals surface area contributed by atoms with Crippen LogP contribution in [0.2, 0.25) is 0 Å². The van der Waals surface area contributed by atoms with Gasteiger partial charge in [-0.05, 0) is 36.2 Å². The van der Waals surface area contributed by atoms with E-state index in [0.29, 0.717) is 12.3 Å². The van der Waals surface area contributed by atoms with Crippen molar-refractivity contribution in [3.05, 3.63) is 65.9 Å². The number of furan rings is 1. The van der Waals surface area contributed by atoms with Crippen LogP contribution < -0.4 is 10.1 Å². The summed E-state index contributed by atoms with van der Waals surface area (Å²) in [7, 11) is 0. The van der Waals surface area contributed by atoms with Crippen molar-refractivity contribution in [1.29, 1.82) is 0 Å². The first kappa shape index (κ1) is 16.1. The molecule has 1 amide bonds. The smallest absolute Gasteiger partial charge is 0.258 e. The first-order chi connectivity index (χ1) is 11.7. The normalized spacial score (nSPS) is 10.7. The highest BCUT2D eigenvalue weighted by Crippen LogP contribution is 2.18. The van der Waals surface area contributed by atoms with Crippen LogP contribution in [0.3, 0.4) is 0 Å².